The van der Waals surface area contributed by atoms with Gasteiger partial charge in [0.05, 0.1) is 12.6 Å². The number of aromatic nitrogens is 2. The number of furan rings is 1. The molecule has 2 N–H and O–H groups in total. The van der Waals surface area contributed by atoms with Crippen molar-refractivity contribution in [2.75, 3.05) is 6.54 Å². The quantitative estimate of drug-likeness (QED) is 0.687. The first-order valence-corrected chi connectivity index (χ1v) is 9.42. The van der Waals surface area contributed by atoms with Gasteiger partial charge >= 0.3 is 0 Å². The molecule has 3 heterocycles. The second-order valence-electron chi connectivity index (χ2n) is 7.09. The van der Waals surface area contributed by atoms with Crippen molar-refractivity contribution in [3.05, 3.63) is 38.9 Å². The maximum absolute atomic E-state index is 12.4. The number of H-pyrrole nitrogens is 1. The summed E-state index contributed by atoms with van der Waals surface area (Å²) in [6, 6.07) is 6.05. The molecule has 0 radical (unpaired) electrons. The van der Waals surface area contributed by atoms with Crippen LogP contribution < -0.4 is 5.56 Å². The van der Waals surface area contributed by atoms with Crippen molar-refractivity contribution >= 4 is 38.0 Å². The van der Waals surface area contributed by atoms with Gasteiger partial charge in [-0.1, -0.05) is 15.9 Å². The van der Waals surface area contributed by atoms with Crippen LogP contribution in [0.15, 0.2) is 31.9 Å². The van der Waals surface area contributed by atoms with Gasteiger partial charge in [-0.2, -0.15) is 0 Å². The number of aromatic amines is 1. The van der Waals surface area contributed by atoms with E-state index in [1.54, 1.807) is 0 Å². The summed E-state index contributed by atoms with van der Waals surface area (Å²) in [7, 11) is 0. The number of nitrogens with one attached hydrogen (secondary N) is 1. The predicted molar refractivity (Wildman–Crippen MR) is 97.4 cm³/mol. The highest BCUT2D eigenvalue weighted by Gasteiger charge is 2.44. The number of hydrogen-bond acceptors (Lipinski definition) is 5. The van der Waals surface area contributed by atoms with Crippen LogP contribution in [0.25, 0.3) is 22.1 Å². The van der Waals surface area contributed by atoms with E-state index in [2.05, 4.69) is 30.8 Å². The molecule has 1 aromatic carbocycles. The molecule has 7 heteroatoms. The molecule has 2 unspecified atom stereocenters. The zero-order chi connectivity index (χ0) is 17.1. The van der Waals surface area contributed by atoms with Crippen LogP contribution in [0.2, 0.25) is 0 Å². The highest BCUT2D eigenvalue weighted by Crippen LogP contribution is 2.38. The molecular formula is C18H18BrN3O3. The molecule has 0 spiro atoms. The van der Waals surface area contributed by atoms with Crippen LogP contribution in [0.3, 0.4) is 0 Å². The van der Waals surface area contributed by atoms with Crippen LogP contribution >= 0.6 is 15.9 Å². The highest BCUT2D eigenvalue weighted by molar-refractivity contribution is 9.10. The molecule has 1 aliphatic heterocycles. The van der Waals surface area contributed by atoms with Gasteiger partial charge in [-0.3, -0.25) is 9.69 Å². The molecule has 1 saturated carbocycles. The minimum atomic E-state index is -0.243. The fourth-order valence-electron chi connectivity index (χ4n) is 4.31. The molecule has 130 valence electrons. The second kappa shape index (κ2) is 5.65. The van der Waals surface area contributed by atoms with Crippen molar-refractivity contribution in [2.45, 2.75) is 38.0 Å². The monoisotopic (exact) mass is 403 g/mol. The fourth-order valence-corrected chi connectivity index (χ4v) is 4.67. The molecule has 5 rings (SSSR count). The van der Waals surface area contributed by atoms with Gasteiger partial charge in [-0.05, 0) is 37.5 Å². The average molecular weight is 404 g/mol. The Hall–Kier alpha value is -1.70. The van der Waals surface area contributed by atoms with Crippen LogP contribution in [-0.4, -0.2) is 38.7 Å². The maximum atomic E-state index is 12.4. The van der Waals surface area contributed by atoms with E-state index < -0.39 is 0 Å². The summed E-state index contributed by atoms with van der Waals surface area (Å²) < 4.78 is 6.59. The molecular weight excluding hydrogens is 386 g/mol. The number of benzene rings is 1. The minimum Gasteiger partial charge on any atom is -0.449 e. The number of nitrogens with zero attached hydrogens (tertiary/aromatic N) is 2. The lowest BCUT2D eigenvalue weighted by Gasteiger charge is -2.52. The molecule has 2 aliphatic rings. The molecule has 2 aromatic heterocycles. The molecule has 6 nitrogen and oxygen atoms in total. The first-order chi connectivity index (χ1) is 12.1. The molecule has 25 heavy (non-hydrogen) atoms. The van der Waals surface area contributed by atoms with Gasteiger partial charge in [0.1, 0.15) is 16.9 Å². The third kappa shape index (κ3) is 2.45. The lowest BCUT2D eigenvalue weighted by molar-refractivity contribution is -0.0927. The largest absolute Gasteiger partial charge is 0.449 e. The van der Waals surface area contributed by atoms with E-state index >= 15 is 0 Å². The maximum Gasteiger partial charge on any atom is 0.294 e. The van der Waals surface area contributed by atoms with E-state index in [9.17, 15) is 9.90 Å². The van der Waals surface area contributed by atoms with Gasteiger partial charge in [0.2, 0.25) is 5.58 Å². The molecule has 1 saturated heterocycles. The number of halogens is 1. The van der Waals surface area contributed by atoms with Gasteiger partial charge in [0.15, 0.2) is 0 Å². The van der Waals surface area contributed by atoms with E-state index in [1.165, 1.54) is 0 Å². The summed E-state index contributed by atoms with van der Waals surface area (Å²) in [5, 5.41) is 10.9. The minimum absolute atomic E-state index is 0.181. The second-order valence-corrected chi connectivity index (χ2v) is 8.01. The highest BCUT2D eigenvalue weighted by atomic mass is 79.9. The Morgan fingerprint density at radius 3 is 3.16 bits per heavy atom. The zero-order valence-corrected chi connectivity index (χ0v) is 15.1. The van der Waals surface area contributed by atoms with Gasteiger partial charge in [-0.15, -0.1) is 0 Å². The smallest absolute Gasteiger partial charge is 0.294 e. The van der Waals surface area contributed by atoms with Gasteiger partial charge in [0.25, 0.3) is 5.56 Å². The summed E-state index contributed by atoms with van der Waals surface area (Å²) in [5.41, 5.74) is 1.29. The van der Waals surface area contributed by atoms with E-state index in [-0.39, 0.29) is 17.2 Å². The summed E-state index contributed by atoms with van der Waals surface area (Å²) >= 11 is 3.46. The molecule has 1 aliphatic carbocycles. The van der Waals surface area contributed by atoms with E-state index in [0.717, 1.165) is 35.7 Å². The van der Waals surface area contributed by atoms with Gasteiger partial charge in [0, 0.05) is 28.4 Å². The number of aliphatic hydroxyl groups is 1. The van der Waals surface area contributed by atoms with Crippen molar-refractivity contribution < 1.29 is 9.52 Å². The Morgan fingerprint density at radius 1 is 1.40 bits per heavy atom. The lowest BCUT2D eigenvalue weighted by atomic mass is 9.75. The fraction of sp³-hybridized carbons (Fsp3) is 0.444. The Bertz CT molecular complexity index is 1030. The number of fused-ring (bicyclic) bond motifs is 4. The average Bonchev–Trinajstić information content (AvgIpc) is 2.93. The summed E-state index contributed by atoms with van der Waals surface area (Å²) in [4.78, 5) is 22.2. The number of hydrogen-bond donors (Lipinski definition) is 2. The van der Waals surface area contributed by atoms with Crippen molar-refractivity contribution in [1.82, 2.24) is 14.9 Å². The Labute approximate surface area is 152 Å². The van der Waals surface area contributed by atoms with Crippen LogP contribution in [-0.2, 0) is 6.54 Å². The van der Waals surface area contributed by atoms with Crippen molar-refractivity contribution in [2.24, 2.45) is 5.92 Å². The van der Waals surface area contributed by atoms with E-state index in [4.69, 9.17) is 4.42 Å². The third-order valence-corrected chi connectivity index (χ3v) is 6.08. The molecule has 0 bridgehead atoms. The lowest BCUT2D eigenvalue weighted by Crippen LogP contribution is -2.61. The van der Waals surface area contributed by atoms with Crippen LogP contribution in [0.5, 0.6) is 0 Å². The van der Waals surface area contributed by atoms with Gasteiger partial charge < -0.3 is 14.5 Å². The first kappa shape index (κ1) is 15.5. The Morgan fingerprint density at radius 2 is 2.28 bits per heavy atom. The third-order valence-electron chi connectivity index (χ3n) is 5.59. The molecule has 3 aromatic rings. The normalized spacial score (nSPS) is 26.7. The zero-order valence-electron chi connectivity index (χ0n) is 13.5. The SMILES string of the molecule is O=c1[nH]c(CN2CC3C2CCC[C@@H]3O)nc2c1oc1ccc(Br)cc12. The van der Waals surface area contributed by atoms with Crippen molar-refractivity contribution in [3.8, 4) is 0 Å². The van der Waals surface area contributed by atoms with Crippen molar-refractivity contribution in [3.63, 3.8) is 0 Å². The number of aliphatic hydroxyl groups excluding tert-OH is 1. The Kier molecular flexibility index (Phi) is 3.52. The molecule has 3 atom stereocenters. The number of rotatable bonds is 2. The summed E-state index contributed by atoms with van der Waals surface area (Å²) in [6.07, 6.45) is 2.89. The van der Waals surface area contributed by atoms with Crippen LogP contribution in [0.1, 0.15) is 25.1 Å². The number of likely N-dealkylation sites (tertiary alicyclic amines) is 1. The first-order valence-electron chi connectivity index (χ1n) is 8.63. The summed E-state index contributed by atoms with van der Waals surface area (Å²) in [6.45, 7) is 1.46. The van der Waals surface area contributed by atoms with E-state index in [0.29, 0.717) is 35.4 Å². The summed E-state index contributed by atoms with van der Waals surface area (Å²) in [5.74, 6) is 1.02. The van der Waals surface area contributed by atoms with E-state index in [1.807, 2.05) is 18.2 Å². The standard InChI is InChI=1S/C18H18BrN3O3/c19-9-4-5-14-10(6-9)16-17(25-14)18(24)21-15(20-16)8-22-7-11-12(22)2-1-3-13(11)23/h4-6,11-13,23H,1-3,7-8H2,(H,20,21,24)/t11?,12?,13-/m0/s1. The topological polar surface area (TPSA) is 82.4 Å². The van der Waals surface area contributed by atoms with Crippen LogP contribution in [0, 0.1) is 5.92 Å². The Balaban J connectivity index is 1.51. The van der Waals surface area contributed by atoms with Crippen LogP contribution in [0.4, 0.5) is 0 Å². The molecule has 0 amide bonds. The molecule has 2 fully saturated rings. The predicted octanol–water partition coefficient (Wildman–Crippen LogP) is 2.78. The van der Waals surface area contributed by atoms with Gasteiger partial charge in [-0.25, -0.2) is 4.98 Å². The van der Waals surface area contributed by atoms with Crippen molar-refractivity contribution in [1.29, 1.82) is 0 Å².